The minimum atomic E-state index is -3.96. The summed E-state index contributed by atoms with van der Waals surface area (Å²) in [5.74, 6) is 0.587. The van der Waals surface area contributed by atoms with E-state index in [4.69, 9.17) is 13.7 Å². The van der Waals surface area contributed by atoms with Crippen LogP contribution in [0.2, 0.25) is 0 Å². The molecule has 1 N–H and O–H groups in total. The first-order chi connectivity index (χ1) is 12.5. The molecular weight excluding hydrogens is 356 g/mol. The Bertz CT molecular complexity index is 875. The first-order valence-electron chi connectivity index (χ1n) is 8.19. The van der Waals surface area contributed by atoms with Gasteiger partial charge in [-0.25, -0.2) is 0 Å². The van der Waals surface area contributed by atoms with E-state index in [9.17, 15) is 13.5 Å². The number of aryl methyl sites for hydroxylation is 1. The zero-order valence-electron chi connectivity index (χ0n) is 14.3. The molecule has 1 aromatic rings. The van der Waals surface area contributed by atoms with Crippen LogP contribution in [0.1, 0.15) is 18.4 Å². The molecule has 1 atom stereocenters. The molecule has 0 aromatic heterocycles. The van der Waals surface area contributed by atoms with Crippen LogP contribution in [-0.4, -0.2) is 26.2 Å². The maximum absolute atomic E-state index is 12.2. The average molecular weight is 376 g/mol. The normalized spacial score (nSPS) is 18.2. The molecule has 1 aromatic carbocycles. The lowest BCUT2D eigenvalue weighted by molar-refractivity contribution is 0.0752. The van der Waals surface area contributed by atoms with Crippen molar-refractivity contribution in [2.24, 2.45) is 0 Å². The third kappa shape index (κ3) is 4.43. The molecule has 1 heterocycles. The number of hydrogen-bond acceptors (Lipinski definition) is 6. The van der Waals surface area contributed by atoms with Crippen LogP contribution in [0.5, 0.6) is 0 Å². The van der Waals surface area contributed by atoms with Gasteiger partial charge in [-0.1, -0.05) is 35.9 Å². The molecule has 0 saturated carbocycles. The smallest absolute Gasteiger partial charge is 0.297 e. The SMILES string of the molecule is Cc1ccc(S(=O)(=O)OC[C@@H](O)C2=COC=C(C3=CC=CCC3)O2)cc1. The molecule has 0 radical (unpaired) electrons. The number of hydrogen-bond donors (Lipinski definition) is 1. The molecule has 0 saturated heterocycles. The number of allylic oxidation sites excluding steroid dienone is 4. The van der Waals surface area contributed by atoms with Crippen LogP contribution in [0.15, 0.2) is 77.0 Å². The van der Waals surface area contributed by atoms with Gasteiger partial charge in [0.2, 0.25) is 0 Å². The molecule has 138 valence electrons. The highest BCUT2D eigenvalue weighted by atomic mass is 32.2. The highest BCUT2D eigenvalue weighted by Crippen LogP contribution is 2.27. The van der Waals surface area contributed by atoms with Crippen LogP contribution in [0.4, 0.5) is 0 Å². The Morgan fingerprint density at radius 1 is 1.23 bits per heavy atom. The van der Waals surface area contributed by atoms with Crippen molar-refractivity contribution in [2.75, 3.05) is 6.61 Å². The van der Waals surface area contributed by atoms with E-state index in [1.54, 1.807) is 12.1 Å². The molecule has 6 nitrogen and oxygen atoms in total. The van der Waals surface area contributed by atoms with Crippen LogP contribution < -0.4 is 0 Å². The molecule has 0 unspecified atom stereocenters. The summed E-state index contributed by atoms with van der Waals surface area (Å²) in [5, 5.41) is 10.2. The summed E-state index contributed by atoms with van der Waals surface area (Å²) in [6, 6.07) is 6.27. The van der Waals surface area contributed by atoms with E-state index in [1.807, 2.05) is 25.2 Å². The second-order valence-electron chi connectivity index (χ2n) is 5.97. The molecule has 7 heteroatoms. The van der Waals surface area contributed by atoms with Gasteiger partial charge < -0.3 is 14.6 Å². The Kier molecular flexibility index (Phi) is 5.61. The molecule has 2 aliphatic rings. The van der Waals surface area contributed by atoms with Crippen LogP contribution in [0, 0.1) is 6.92 Å². The lowest BCUT2D eigenvalue weighted by Crippen LogP contribution is -2.24. The fraction of sp³-hybridized carbons (Fsp3) is 0.263. The molecule has 0 bridgehead atoms. The van der Waals surface area contributed by atoms with Gasteiger partial charge in [0.05, 0.1) is 11.5 Å². The Balaban J connectivity index is 1.60. The number of benzene rings is 1. The van der Waals surface area contributed by atoms with Crippen molar-refractivity contribution >= 4 is 10.1 Å². The molecule has 0 fully saturated rings. The predicted octanol–water partition coefficient (Wildman–Crippen LogP) is 3.07. The van der Waals surface area contributed by atoms with E-state index in [0.29, 0.717) is 5.76 Å². The molecule has 26 heavy (non-hydrogen) atoms. The fourth-order valence-corrected chi connectivity index (χ4v) is 3.36. The fourth-order valence-electron chi connectivity index (χ4n) is 2.44. The third-order valence-corrected chi connectivity index (χ3v) is 5.23. The van der Waals surface area contributed by atoms with Crippen molar-refractivity contribution in [3.05, 3.63) is 77.7 Å². The summed E-state index contributed by atoms with van der Waals surface area (Å²) in [5.41, 5.74) is 1.88. The van der Waals surface area contributed by atoms with E-state index >= 15 is 0 Å². The van der Waals surface area contributed by atoms with E-state index < -0.39 is 22.8 Å². The number of aliphatic hydroxyl groups is 1. The van der Waals surface area contributed by atoms with E-state index in [-0.39, 0.29) is 10.7 Å². The summed E-state index contributed by atoms with van der Waals surface area (Å²) in [6.07, 6.45) is 8.97. The maximum atomic E-state index is 12.2. The van der Waals surface area contributed by atoms with Gasteiger partial charge in [-0.2, -0.15) is 8.42 Å². The zero-order chi connectivity index (χ0) is 18.6. The zero-order valence-corrected chi connectivity index (χ0v) is 15.1. The van der Waals surface area contributed by atoms with Gasteiger partial charge in [0, 0.05) is 0 Å². The topological polar surface area (TPSA) is 82.1 Å². The Labute approximate surface area is 152 Å². The van der Waals surface area contributed by atoms with Crippen LogP contribution in [0.25, 0.3) is 0 Å². The maximum Gasteiger partial charge on any atom is 0.297 e. The largest absolute Gasteiger partial charge is 0.465 e. The highest BCUT2D eigenvalue weighted by molar-refractivity contribution is 7.86. The number of ether oxygens (including phenoxy) is 2. The quantitative estimate of drug-likeness (QED) is 0.769. The average Bonchev–Trinajstić information content (AvgIpc) is 2.67. The van der Waals surface area contributed by atoms with E-state index in [0.717, 1.165) is 24.0 Å². The van der Waals surface area contributed by atoms with E-state index in [2.05, 4.69) is 0 Å². The van der Waals surface area contributed by atoms with Crippen molar-refractivity contribution in [1.82, 2.24) is 0 Å². The van der Waals surface area contributed by atoms with Crippen LogP contribution >= 0.6 is 0 Å². The van der Waals surface area contributed by atoms with E-state index in [1.165, 1.54) is 24.7 Å². The Morgan fingerprint density at radius 2 is 2.00 bits per heavy atom. The molecule has 0 spiro atoms. The van der Waals surface area contributed by atoms with Crippen LogP contribution in [-0.2, 0) is 23.8 Å². The molecule has 3 rings (SSSR count). The summed E-state index contributed by atoms with van der Waals surface area (Å²) < 4.78 is 40.2. The Hall–Kier alpha value is -2.35. The van der Waals surface area contributed by atoms with Crippen molar-refractivity contribution in [3.8, 4) is 0 Å². The molecule has 0 amide bonds. The summed E-state index contributed by atoms with van der Waals surface area (Å²) in [6.45, 7) is 1.38. The molecular formula is C19H20O6S. The second-order valence-corrected chi connectivity index (χ2v) is 7.58. The summed E-state index contributed by atoms with van der Waals surface area (Å²) in [7, 11) is -3.96. The summed E-state index contributed by atoms with van der Waals surface area (Å²) in [4.78, 5) is 0.0322. The molecule has 1 aliphatic carbocycles. The van der Waals surface area contributed by atoms with Gasteiger partial charge >= 0.3 is 0 Å². The van der Waals surface area contributed by atoms with Crippen molar-refractivity contribution in [3.63, 3.8) is 0 Å². The minimum Gasteiger partial charge on any atom is -0.465 e. The Morgan fingerprint density at radius 3 is 2.69 bits per heavy atom. The molecule has 1 aliphatic heterocycles. The van der Waals surface area contributed by atoms with Crippen molar-refractivity contribution in [2.45, 2.75) is 30.8 Å². The predicted molar refractivity (Wildman–Crippen MR) is 95.1 cm³/mol. The lowest BCUT2D eigenvalue weighted by Gasteiger charge is -2.22. The lowest BCUT2D eigenvalue weighted by atomic mass is 10.0. The minimum absolute atomic E-state index is 0.0322. The second kappa shape index (κ2) is 7.90. The first-order valence-corrected chi connectivity index (χ1v) is 9.60. The number of aliphatic hydroxyl groups excluding tert-OH is 1. The third-order valence-electron chi connectivity index (χ3n) is 3.94. The monoisotopic (exact) mass is 376 g/mol. The van der Waals surface area contributed by atoms with Gasteiger partial charge in [-0.3, -0.25) is 4.18 Å². The van der Waals surface area contributed by atoms with Gasteiger partial charge in [0.15, 0.2) is 11.5 Å². The van der Waals surface area contributed by atoms with Crippen molar-refractivity contribution < 1.29 is 27.2 Å². The van der Waals surface area contributed by atoms with Crippen LogP contribution in [0.3, 0.4) is 0 Å². The standard InChI is InChI=1S/C19H20O6S/c1-14-7-9-16(10-8-14)26(21,22)24-11-17(20)19-13-23-12-18(25-19)15-5-3-2-4-6-15/h2-3,5,7-10,12-13,17,20H,4,6,11H2,1H3/t17-/m1/s1. The van der Waals surface area contributed by atoms with Gasteiger partial charge in [-0.05, 0) is 37.5 Å². The van der Waals surface area contributed by atoms with Gasteiger partial charge in [0.1, 0.15) is 18.6 Å². The highest BCUT2D eigenvalue weighted by Gasteiger charge is 2.24. The number of rotatable bonds is 6. The van der Waals surface area contributed by atoms with Gasteiger partial charge in [-0.15, -0.1) is 0 Å². The first kappa shape index (κ1) is 18.4. The van der Waals surface area contributed by atoms with Crippen molar-refractivity contribution in [1.29, 1.82) is 0 Å². The van der Waals surface area contributed by atoms with Gasteiger partial charge in [0.25, 0.3) is 10.1 Å². The summed E-state index contributed by atoms with van der Waals surface area (Å²) >= 11 is 0.